The van der Waals surface area contributed by atoms with E-state index in [9.17, 15) is 5.26 Å². The maximum Gasteiger partial charge on any atom is 0.187 e. The maximum atomic E-state index is 9.55. The van der Waals surface area contributed by atoms with Crippen molar-refractivity contribution in [2.45, 2.75) is 13.5 Å². The smallest absolute Gasteiger partial charge is 0.187 e. The molecule has 1 fully saturated rings. The number of aryl methyl sites for hydroxylation is 1. The Balaban J connectivity index is 1.57. The van der Waals surface area contributed by atoms with E-state index in [1.807, 2.05) is 30.3 Å². The molecule has 1 aliphatic heterocycles. The molecule has 1 saturated heterocycles. The Hall–Kier alpha value is -2.68. The number of nitrogens with zero attached hydrogens (tertiary/aromatic N) is 5. The highest BCUT2D eigenvalue weighted by molar-refractivity contribution is 6.31. The minimum Gasteiger partial charge on any atom is -0.366 e. The van der Waals surface area contributed by atoms with Crippen LogP contribution in [0, 0.1) is 18.3 Å². The zero-order chi connectivity index (χ0) is 18.8. The molecule has 0 unspecified atom stereocenters. The molecule has 0 amide bonds. The molecule has 0 radical (unpaired) electrons. The molecule has 0 saturated carbocycles. The summed E-state index contributed by atoms with van der Waals surface area (Å²) in [5, 5.41) is 19.7. The Labute approximate surface area is 163 Å². The number of piperazine rings is 1. The van der Waals surface area contributed by atoms with Gasteiger partial charge in [-0.15, -0.1) is 10.2 Å². The number of hydrogen-bond acceptors (Lipinski definition) is 5. The Kier molecular flexibility index (Phi) is 4.93. The number of nitriles is 1. The van der Waals surface area contributed by atoms with Crippen LogP contribution < -0.4 is 4.90 Å². The van der Waals surface area contributed by atoms with E-state index in [4.69, 9.17) is 11.6 Å². The molecule has 0 bridgehead atoms. The molecule has 6 heteroatoms. The Bertz CT molecular complexity index is 1020. The summed E-state index contributed by atoms with van der Waals surface area (Å²) in [6.45, 7) is 6.39. The predicted octanol–water partition coefficient (Wildman–Crippen LogP) is 3.79. The number of aromatic nitrogens is 2. The van der Waals surface area contributed by atoms with Gasteiger partial charge >= 0.3 is 0 Å². The molecular weight excluding hydrogens is 358 g/mol. The van der Waals surface area contributed by atoms with Crippen molar-refractivity contribution in [3.8, 4) is 6.07 Å². The third-order valence-electron chi connectivity index (χ3n) is 5.04. The third kappa shape index (κ3) is 3.59. The van der Waals surface area contributed by atoms with Crippen molar-refractivity contribution in [1.82, 2.24) is 15.1 Å². The van der Waals surface area contributed by atoms with Crippen LogP contribution in [0.4, 0.5) is 5.69 Å². The molecular formula is C21H20ClN5. The van der Waals surface area contributed by atoms with Crippen LogP contribution in [0.1, 0.15) is 16.8 Å². The summed E-state index contributed by atoms with van der Waals surface area (Å²) in [4.78, 5) is 4.66. The molecule has 27 heavy (non-hydrogen) atoms. The fourth-order valence-electron chi connectivity index (χ4n) is 3.60. The molecule has 0 aliphatic carbocycles. The third-order valence-corrected chi connectivity index (χ3v) is 5.40. The van der Waals surface area contributed by atoms with Crippen LogP contribution in [0.3, 0.4) is 0 Å². The minimum absolute atomic E-state index is 0.396. The van der Waals surface area contributed by atoms with Crippen molar-refractivity contribution in [1.29, 1.82) is 5.26 Å². The minimum atomic E-state index is 0.396. The molecule has 4 rings (SSSR count). The first kappa shape index (κ1) is 17.7. The van der Waals surface area contributed by atoms with E-state index in [0.29, 0.717) is 5.69 Å². The second-order valence-corrected chi connectivity index (χ2v) is 7.29. The largest absolute Gasteiger partial charge is 0.366 e. The summed E-state index contributed by atoms with van der Waals surface area (Å²) < 4.78 is 0. The van der Waals surface area contributed by atoms with Gasteiger partial charge < -0.3 is 4.90 Å². The molecule has 1 aromatic heterocycles. The van der Waals surface area contributed by atoms with Gasteiger partial charge in [0.2, 0.25) is 0 Å². The second kappa shape index (κ2) is 7.51. The van der Waals surface area contributed by atoms with Crippen LogP contribution in [0.15, 0.2) is 42.5 Å². The molecule has 136 valence electrons. The first-order chi connectivity index (χ1) is 13.2. The van der Waals surface area contributed by atoms with Gasteiger partial charge in [0.05, 0.1) is 11.2 Å². The average molecular weight is 378 g/mol. The molecule has 1 aliphatic rings. The normalized spacial score (nSPS) is 15.1. The standard InChI is InChI=1S/C21H20ClN5/c1-15-6-7-19-17(12-15)21(20(13-23)25-24-19)27-10-8-26(9-11-27)14-16-4-2-3-5-18(16)22/h2-7,12H,8-11,14H2,1H3. The molecule has 2 heterocycles. The van der Waals surface area contributed by atoms with E-state index in [0.717, 1.165) is 65.5 Å². The van der Waals surface area contributed by atoms with Gasteiger partial charge in [-0.25, -0.2) is 0 Å². The number of benzene rings is 2. The highest BCUT2D eigenvalue weighted by Gasteiger charge is 2.23. The van der Waals surface area contributed by atoms with Crippen molar-refractivity contribution < 1.29 is 0 Å². The molecule has 5 nitrogen and oxygen atoms in total. The van der Waals surface area contributed by atoms with Crippen molar-refractivity contribution in [3.05, 3.63) is 64.3 Å². The van der Waals surface area contributed by atoms with Gasteiger partial charge in [-0.3, -0.25) is 4.90 Å². The van der Waals surface area contributed by atoms with Gasteiger partial charge in [-0.05, 0) is 30.7 Å². The summed E-state index contributed by atoms with van der Waals surface area (Å²) >= 11 is 6.30. The summed E-state index contributed by atoms with van der Waals surface area (Å²) in [5.74, 6) is 0. The van der Waals surface area contributed by atoms with E-state index >= 15 is 0 Å². The Morgan fingerprint density at radius 3 is 2.59 bits per heavy atom. The van der Waals surface area contributed by atoms with E-state index in [2.05, 4.69) is 45.1 Å². The van der Waals surface area contributed by atoms with E-state index < -0.39 is 0 Å². The van der Waals surface area contributed by atoms with Crippen molar-refractivity contribution in [2.24, 2.45) is 0 Å². The first-order valence-electron chi connectivity index (χ1n) is 9.03. The van der Waals surface area contributed by atoms with E-state index in [1.165, 1.54) is 0 Å². The maximum absolute atomic E-state index is 9.55. The predicted molar refractivity (Wildman–Crippen MR) is 108 cm³/mol. The van der Waals surface area contributed by atoms with Gasteiger partial charge in [0.15, 0.2) is 5.69 Å². The van der Waals surface area contributed by atoms with Gasteiger partial charge in [-0.1, -0.05) is 41.4 Å². The highest BCUT2D eigenvalue weighted by Crippen LogP contribution is 2.30. The summed E-state index contributed by atoms with van der Waals surface area (Å²) in [7, 11) is 0. The van der Waals surface area contributed by atoms with Crippen LogP contribution >= 0.6 is 11.6 Å². The Morgan fingerprint density at radius 1 is 1.07 bits per heavy atom. The zero-order valence-corrected chi connectivity index (χ0v) is 15.9. The SMILES string of the molecule is Cc1ccc2nnc(C#N)c(N3CCN(Cc4ccccc4Cl)CC3)c2c1. The number of fused-ring (bicyclic) bond motifs is 1. The quantitative estimate of drug-likeness (QED) is 0.695. The van der Waals surface area contributed by atoms with Crippen molar-refractivity contribution >= 4 is 28.2 Å². The lowest BCUT2D eigenvalue weighted by atomic mass is 10.1. The van der Waals surface area contributed by atoms with Crippen molar-refractivity contribution in [2.75, 3.05) is 31.1 Å². The molecule has 0 spiro atoms. The summed E-state index contributed by atoms with van der Waals surface area (Å²) in [5.41, 5.74) is 4.43. The lowest BCUT2D eigenvalue weighted by molar-refractivity contribution is 0.250. The summed E-state index contributed by atoms with van der Waals surface area (Å²) in [6, 6.07) is 16.3. The topological polar surface area (TPSA) is 56.1 Å². The van der Waals surface area contributed by atoms with Crippen LogP contribution in [-0.2, 0) is 6.54 Å². The van der Waals surface area contributed by atoms with Crippen LogP contribution in [-0.4, -0.2) is 41.3 Å². The lowest BCUT2D eigenvalue weighted by Gasteiger charge is -2.36. The summed E-state index contributed by atoms with van der Waals surface area (Å²) in [6.07, 6.45) is 0. The van der Waals surface area contributed by atoms with Gasteiger partial charge in [0.25, 0.3) is 0 Å². The van der Waals surface area contributed by atoms with Gasteiger partial charge in [0.1, 0.15) is 6.07 Å². The van der Waals surface area contributed by atoms with Gasteiger partial charge in [0, 0.05) is 43.1 Å². The monoisotopic (exact) mass is 377 g/mol. The first-order valence-corrected chi connectivity index (χ1v) is 9.41. The fraction of sp³-hybridized carbons (Fsp3) is 0.286. The van der Waals surface area contributed by atoms with E-state index in [-0.39, 0.29) is 0 Å². The van der Waals surface area contributed by atoms with Crippen molar-refractivity contribution in [3.63, 3.8) is 0 Å². The van der Waals surface area contributed by atoms with E-state index in [1.54, 1.807) is 0 Å². The molecule has 2 aromatic carbocycles. The second-order valence-electron chi connectivity index (χ2n) is 6.88. The number of hydrogen-bond donors (Lipinski definition) is 0. The van der Waals surface area contributed by atoms with Crippen LogP contribution in [0.25, 0.3) is 10.9 Å². The molecule has 0 N–H and O–H groups in total. The fourth-order valence-corrected chi connectivity index (χ4v) is 3.79. The van der Waals surface area contributed by atoms with Gasteiger partial charge in [-0.2, -0.15) is 5.26 Å². The lowest BCUT2D eigenvalue weighted by Crippen LogP contribution is -2.46. The van der Waals surface area contributed by atoms with Crippen LogP contribution in [0.2, 0.25) is 5.02 Å². The molecule has 0 atom stereocenters. The number of rotatable bonds is 3. The highest BCUT2D eigenvalue weighted by atomic mass is 35.5. The number of halogens is 1. The zero-order valence-electron chi connectivity index (χ0n) is 15.2. The average Bonchev–Trinajstić information content (AvgIpc) is 2.69. The molecule has 3 aromatic rings. The van der Waals surface area contributed by atoms with Crippen LogP contribution in [0.5, 0.6) is 0 Å². The number of anilines is 1. The Morgan fingerprint density at radius 2 is 1.85 bits per heavy atom.